The fourth-order valence-electron chi connectivity index (χ4n) is 2.65. The zero-order chi connectivity index (χ0) is 12.2. The fourth-order valence-corrected chi connectivity index (χ4v) is 2.65. The molecule has 0 aromatic rings. The van der Waals surface area contributed by atoms with Gasteiger partial charge in [0.05, 0.1) is 11.7 Å². The predicted molar refractivity (Wildman–Crippen MR) is 66.3 cm³/mol. The van der Waals surface area contributed by atoms with E-state index in [1.54, 1.807) is 0 Å². The van der Waals surface area contributed by atoms with Crippen molar-refractivity contribution in [2.24, 2.45) is 5.92 Å². The maximum atomic E-state index is 10.2. The van der Waals surface area contributed by atoms with Gasteiger partial charge in [0.1, 0.15) is 0 Å². The number of rotatable bonds is 5. The monoisotopic (exact) mass is 229 g/mol. The van der Waals surface area contributed by atoms with Gasteiger partial charge in [0, 0.05) is 12.6 Å². The lowest BCUT2D eigenvalue weighted by molar-refractivity contribution is 0.0222. The first kappa shape index (κ1) is 13.9. The third-order valence-corrected chi connectivity index (χ3v) is 3.32. The maximum Gasteiger partial charge on any atom is 0.0746 e. The van der Waals surface area contributed by atoms with Crippen LogP contribution in [0.2, 0.25) is 0 Å². The van der Waals surface area contributed by atoms with E-state index < -0.39 is 5.60 Å². The minimum absolute atomic E-state index is 0.174. The summed E-state index contributed by atoms with van der Waals surface area (Å²) in [5, 5.41) is 23.3. The van der Waals surface area contributed by atoms with Crippen LogP contribution in [0.1, 0.15) is 52.9 Å². The van der Waals surface area contributed by atoms with Crippen LogP contribution in [0.5, 0.6) is 0 Å². The number of nitrogens with one attached hydrogen (secondary N) is 1. The van der Waals surface area contributed by atoms with Crippen LogP contribution in [0.25, 0.3) is 0 Å². The highest BCUT2D eigenvalue weighted by Gasteiger charge is 2.27. The molecule has 0 spiro atoms. The van der Waals surface area contributed by atoms with Crippen molar-refractivity contribution < 1.29 is 10.2 Å². The molecule has 1 rings (SSSR count). The Morgan fingerprint density at radius 3 is 2.50 bits per heavy atom. The molecule has 3 atom stereocenters. The first-order valence-corrected chi connectivity index (χ1v) is 6.54. The highest BCUT2D eigenvalue weighted by molar-refractivity contribution is 4.84. The highest BCUT2D eigenvalue weighted by atomic mass is 16.3. The van der Waals surface area contributed by atoms with Crippen molar-refractivity contribution in [3.05, 3.63) is 0 Å². The fraction of sp³-hybridized carbons (Fsp3) is 1.00. The average Bonchev–Trinajstić information content (AvgIpc) is 2.14. The quantitative estimate of drug-likeness (QED) is 0.672. The van der Waals surface area contributed by atoms with Crippen molar-refractivity contribution in [2.45, 2.75) is 70.6 Å². The second-order valence-corrected chi connectivity index (χ2v) is 5.93. The molecule has 16 heavy (non-hydrogen) atoms. The average molecular weight is 229 g/mol. The van der Waals surface area contributed by atoms with E-state index in [1.807, 2.05) is 6.92 Å². The zero-order valence-corrected chi connectivity index (χ0v) is 10.9. The Kier molecular flexibility index (Phi) is 5.22. The topological polar surface area (TPSA) is 52.5 Å². The summed E-state index contributed by atoms with van der Waals surface area (Å²) >= 11 is 0. The Labute approximate surface area is 99.3 Å². The summed E-state index contributed by atoms with van der Waals surface area (Å²) in [7, 11) is 0. The van der Waals surface area contributed by atoms with Crippen LogP contribution in [-0.4, -0.2) is 34.5 Å². The highest BCUT2D eigenvalue weighted by Crippen LogP contribution is 2.20. The summed E-state index contributed by atoms with van der Waals surface area (Å²) in [6.45, 7) is 6.68. The van der Waals surface area contributed by atoms with Crippen LogP contribution in [0, 0.1) is 5.92 Å². The summed E-state index contributed by atoms with van der Waals surface area (Å²) in [4.78, 5) is 0. The summed E-state index contributed by atoms with van der Waals surface area (Å²) < 4.78 is 0. The molecular formula is C13H27NO2. The lowest BCUT2D eigenvalue weighted by atomic mass is 9.90. The van der Waals surface area contributed by atoms with Crippen LogP contribution in [-0.2, 0) is 0 Å². The molecule has 96 valence electrons. The van der Waals surface area contributed by atoms with Gasteiger partial charge in [-0.1, -0.05) is 26.7 Å². The molecule has 0 saturated heterocycles. The zero-order valence-electron chi connectivity index (χ0n) is 10.9. The van der Waals surface area contributed by atoms with Crippen molar-refractivity contribution in [1.29, 1.82) is 0 Å². The van der Waals surface area contributed by atoms with E-state index in [-0.39, 0.29) is 12.1 Å². The smallest absolute Gasteiger partial charge is 0.0746 e. The molecule has 0 aromatic heterocycles. The van der Waals surface area contributed by atoms with Gasteiger partial charge in [-0.2, -0.15) is 0 Å². The molecule has 0 bridgehead atoms. The van der Waals surface area contributed by atoms with Gasteiger partial charge in [-0.25, -0.2) is 0 Å². The van der Waals surface area contributed by atoms with Crippen LogP contribution in [0.4, 0.5) is 0 Å². The van der Waals surface area contributed by atoms with Gasteiger partial charge < -0.3 is 15.5 Å². The first-order chi connectivity index (χ1) is 7.41. The molecule has 0 amide bonds. The lowest BCUT2D eigenvalue weighted by Gasteiger charge is -2.33. The van der Waals surface area contributed by atoms with Crippen molar-refractivity contribution in [2.75, 3.05) is 6.54 Å². The van der Waals surface area contributed by atoms with Gasteiger partial charge >= 0.3 is 0 Å². The lowest BCUT2D eigenvalue weighted by Crippen LogP contribution is -2.48. The van der Waals surface area contributed by atoms with Gasteiger partial charge in [0.2, 0.25) is 0 Å². The Balaban J connectivity index is 2.31. The normalized spacial score (nSPS) is 30.4. The van der Waals surface area contributed by atoms with Gasteiger partial charge in [-0.05, 0) is 32.1 Å². The minimum atomic E-state index is -0.661. The molecular weight excluding hydrogens is 202 g/mol. The second kappa shape index (κ2) is 5.99. The summed E-state index contributed by atoms with van der Waals surface area (Å²) in [5.41, 5.74) is -0.661. The van der Waals surface area contributed by atoms with Gasteiger partial charge in [0.15, 0.2) is 0 Å². The molecule has 0 aliphatic heterocycles. The van der Waals surface area contributed by atoms with Crippen molar-refractivity contribution >= 4 is 0 Å². The summed E-state index contributed by atoms with van der Waals surface area (Å²) in [6, 6.07) is 0.174. The summed E-state index contributed by atoms with van der Waals surface area (Å²) in [5.74, 6) is 0.494. The molecule has 1 fully saturated rings. The SMILES string of the molecule is CC(C)CC(C)(O)CN[C@@H]1CCCC[C@H]1O. The first-order valence-electron chi connectivity index (χ1n) is 6.54. The molecule has 3 heteroatoms. The second-order valence-electron chi connectivity index (χ2n) is 5.93. The van der Waals surface area contributed by atoms with Crippen molar-refractivity contribution in [3.8, 4) is 0 Å². The van der Waals surface area contributed by atoms with Crippen LogP contribution in [0.15, 0.2) is 0 Å². The molecule has 1 aliphatic carbocycles. The van der Waals surface area contributed by atoms with Gasteiger partial charge in [0.25, 0.3) is 0 Å². The van der Waals surface area contributed by atoms with E-state index in [1.165, 1.54) is 6.42 Å². The number of aliphatic hydroxyl groups is 2. The third-order valence-electron chi connectivity index (χ3n) is 3.32. The van der Waals surface area contributed by atoms with E-state index in [4.69, 9.17) is 0 Å². The Morgan fingerprint density at radius 1 is 1.31 bits per heavy atom. The molecule has 3 nitrogen and oxygen atoms in total. The number of aliphatic hydroxyl groups excluding tert-OH is 1. The molecule has 0 heterocycles. The van der Waals surface area contributed by atoms with Crippen LogP contribution < -0.4 is 5.32 Å². The number of hydrogen-bond acceptors (Lipinski definition) is 3. The van der Waals surface area contributed by atoms with Crippen LogP contribution in [0.3, 0.4) is 0 Å². The predicted octanol–water partition coefficient (Wildman–Crippen LogP) is 1.68. The molecule has 1 saturated carbocycles. The van der Waals surface area contributed by atoms with E-state index in [0.717, 1.165) is 25.7 Å². The Bertz CT molecular complexity index is 204. The third kappa shape index (κ3) is 4.81. The van der Waals surface area contributed by atoms with Crippen LogP contribution >= 0.6 is 0 Å². The van der Waals surface area contributed by atoms with E-state index in [9.17, 15) is 10.2 Å². The van der Waals surface area contributed by atoms with E-state index >= 15 is 0 Å². The minimum Gasteiger partial charge on any atom is -0.392 e. The standard InChI is InChI=1S/C13H27NO2/c1-10(2)8-13(3,16)9-14-11-6-4-5-7-12(11)15/h10-12,14-16H,4-9H2,1-3H3/t11-,12-,13?/m1/s1. The summed E-state index contributed by atoms with van der Waals surface area (Å²) in [6.07, 6.45) is 4.79. The molecule has 1 aliphatic rings. The molecule has 3 N–H and O–H groups in total. The largest absolute Gasteiger partial charge is 0.392 e. The Hall–Kier alpha value is -0.120. The van der Waals surface area contributed by atoms with Gasteiger partial charge in [-0.15, -0.1) is 0 Å². The molecule has 1 unspecified atom stereocenters. The molecule has 0 aromatic carbocycles. The van der Waals surface area contributed by atoms with E-state index in [0.29, 0.717) is 12.5 Å². The van der Waals surface area contributed by atoms with Crippen molar-refractivity contribution in [1.82, 2.24) is 5.32 Å². The molecule has 0 radical (unpaired) electrons. The Morgan fingerprint density at radius 2 is 1.94 bits per heavy atom. The van der Waals surface area contributed by atoms with Gasteiger partial charge in [-0.3, -0.25) is 0 Å². The maximum absolute atomic E-state index is 10.2. The van der Waals surface area contributed by atoms with Crippen molar-refractivity contribution in [3.63, 3.8) is 0 Å². The van der Waals surface area contributed by atoms with E-state index in [2.05, 4.69) is 19.2 Å². The number of hydrogen-bond donors (Lipinski definition) is 3.